The Labute approximate surface area is 140 Å². The summed E-state index contributed by atoms with van der Waals surface area (Å²) in [6, 6.07) is 4.71. The van der Waals surface area contributed by atoms with E-state index in [-0.39, 0.29) is 5.69 Å². The van der Waals surface area contributed by atoms with Crippen molar-refractivity contribution in [1.82, 2.24) is 0 Å². The van der Waals surface area contributed by atoms with Gasteiger partial charge in [0.05, 0.1) is 5.69 Å². The van der Waals surface area contributed by atoms with Gasteiger partial charge >= 0.3 is 12.2 Å². The van der Waals surface area contributed by atoms with Crippen molar-refractivity contribution in [2.75, 3.05) is 5.43 Å². The molecular weight excluding hydrogens is 346 g/mol. The van der Waals surface area contributed by atoms with Crippen LogP contribution in [0.4, 0.5) is 23.2 Å². The standard InChI is InChI=1S/C15H13F4N3O3/c1-13(2,3)12(23)9(7-20)22-21-8-4-5-10-11(6-8)25-15(18,19)14(16,17)24-10/h4-6,21H,1-3H3. The lowest BCUT2D eigenvalue weighted by Crippen LogP contribution is -2.52. The summed E-state index contributed by atoms with van der Waals surface area (Å²) in [6.45, 7) is 4.78. The first-order chi connectivity index (χ1) is 11.4. The van der Waals surface area contributed by atoms with Gasteiger partial charge in [-0.3, -0.25) is 10.2 Å². The van der Waals surface area contributed by atoms with Crippen molar-refractivity contribution in [3.63, 3.8) is 0 Å². The van der Waals surface area contributed by atoms with Crippen LogP contribution in [0.25, 0.3) is 0 Å². The molecule has 10 heteroatoms. The van der Waals surface area contributed by atoms with Crippen LogP contribution in [-0.2, 0) is 4.79 Å². The summed E-state index contributed by atoms with van der Waals surface area (Å²) in [6.07, 6.45) is -9.65. The van der Waals surface area contributed by atoms with E-state index in [0.717, 1.165) is 12.1 Å². The lowest BCUT2D eigenvalue weighted by Gasteiger charge is -2.31. The van der Waals surface area contributed by atoms with Gasteiger partial charge in [-0.1, -0.05) is 20.8 Å². The number of anilines is 1. The predicted molar refractivity (Wildman–Crippen MR) is 78.7 cm³/mol. The number of hydrazone groups is 1. The number of halogens is 4. The minimum Gasteiger partial charge on any atom is -0.421 e. The number of Topliss-reactive ketones (excluding diaryl/α,β-unsaturated/α-hetero) is 1. The molecule has 0 aliphatic carbocycles. The average molecular weight is 359 g/mol. The Morgan fingerprint density at radius 3 is 2.24 bits per heavy atom. The number of carbonyl (C=O) groups excluding carboxylic acids is 1. The van der Waals surface area contributed by atoms with E-state index in [4.69, 9.17) is 5.26 Å². The first-order valence-corrected chi connectivity index (χ1v) is 6.94. The fourth-order valence-corrected chi connectivity index (χ4v) is 1.74. The lowest BCUT2D eigenvalue weighted by molar-refractivity contribution is -0.391. The first kappa shape index (κ1) is 18.5. The van der Waals surface area contributed by atoms with E-state index in [0.29, 0.717) is 0 Å². The highest BCUT2D eigenvalue weighted by atomic mass is 19.3. The molecule has 0 aromatic heterocycles. The Kier molecular flexibility index (Phi) is 4.38. The van der Waals surface area contributed by atoms with Crippen LogP contribution in [0.3, 0.4) is 0 Å². The van der Waals surface area contributed by atoms with Gasteiger partial charge in [-0.15, -0.1) is 0 Å². The van der Waals surface area contributed by atoms with Crippen LogP contribution in [0, 0.1) is 16.7 Å². The molecule has 134 valence electrons. The number of hydrogen-bond acceptors (Lipinski definition) is 6. The number of carbonyl (C=O) groups is 1. The molecule has 0 atom stereocenters. The van der Waals surface area contributed by atoms with E-state index in [1.165, 1.54) is 6.07 Å². The van der Waals surface area contributed by atoms with Crippen LogP contribution >= 0.6 is 0 Å². The maximum Gasteiger partial charge on any atom is 0.507 e. The lowest BCUT2D eigenvalue weighted by atomic mass is 9.88. The number of hydrogen-bond donors (Lipinski definition) is 1. The molecule has 0 amide bonds. The van der Waals surface area contributed by atoms with Crippen molar-refractivity contribution in [3.8, 4) is 17.6 Å². The normalized spacial score (nSPS) is 18.2. The van der Waals surface area contributed by atoms with Crippen molar-refractivity contribution in [1.29, 1.82) is 5.26 Å². The Balaban J connectivity index is 2.26. The van der Waals surface area contributed by atoms with Crippen molar-refractivity contribution < 1.29 is 31.8 Å². The molecule has 0 radical (unpaired) electrons. The van der Waals surface area contributed by atoms with Gasteiger partial charge in [-0.25, -0.2) is 0 Å². The summed E-state index contributed by atoms with van der Waals surface area (Å²) >= 11 is 0. The number of ketones is 1. The molecule has 25 heavy (non-hydrogen) atoms. The highest BCUT2D eigenvalue weighted by Gasteiger charge is 2.65. The van der Waals surface area contributed by atoms with Crippen LogP contribution in [0.1, 0.15) is 20.8 Å². The van der Waals surface area contributed by atoms with Gasteiger partial charge in [0.25, 0.3) is 0 Å². The molecule has 2 rings (SSSR count). The minimum atomic E-state index is -4.85. The summed E-state index contributed by atoms with van der Waals surface area (Å²) in [5, 5.41) is 12.6. The number of rotatable bonds is 3. The zero-order valence-corrected chi connectivity index (χ0v) is 13.4. The smallest absolute Gasteiger partial charge is 0.421 e. The summed E-state index contributed by atoms with van der Waals surface area (Å²) in [4.78, 5) is 12.0. The largest absolute Gasteiger partial charge is 0.507 e. The molecule has 1 aliphatic heterocycles. The second kappa shape index (κ2) is 5.91. The average Bonchev–Trinajstić information content (AvgIpc) is 2.47. The molecule has 1 aliphatic rings. The Bertz CT molecular complexity index is 779. The molecule has 0 unspecified atom stereocenters. The second-order valence-corrected chi connectivity index (χ2v) is 6.16. The monoisotopic (exact) mass is 359 g/mol. The van der Waals surface area contributed by atoms with E-state index in [2.05, 4.69) is 20.0 Å². The molecule has 0 saturated heterocycles. The van der Waals surface area contributed by atoms with Gasteiger partial charge < -0.3 is 9.47 Å². The molecule has 6 nitrogen and oxygen atoms in total. The van der Waals surface area contributed by atoms with Gasteiger partial charge in [-0.2, -0.15) is 27.9 Å². The molecule has 0 saturated carbocycles. The molecule has 1 aromatic carbocycles. The van der Waals surface area contributed by atoms with Gasteiger partial charge in [0, 0.05) is 11.5 Å². The molecule has 0 fully saturated rings. The van der Waals surface area contributed by atoms with Crippen molar-refractivity contribution >= 4 is 17.2 Å². The van der Waals surface area contributed by atoms with E-state index >= 15 is 0 Å². The number of nitriles is 1. The quantitative estimate of drug-likeness (QED) is 0.507. The molecule has 0 spiro atoms. The number of nitrogens with one attached hydrogen (secondary N) is 1. The fraction of sp³-hybridized carbons (Fsp3) is 0.400. The third kappa shape index (κ3) is 3.65. The van der Waals surface area contributed by atoms with Gasteiger partial charge in [0.15, 0.2) is 17.3 Å². The summed E-state index contributed by atoms with van der Waals surface area (Å²) in [7, 11) is 0. The maximum atomic E-state index is 13.2. The van der Waals surface area contributed by atoms with E-state index < -0.39 is 40.6 Å². The van der Waals surface area contributed by atoms with Crippen LogP contribution in [0.2, 0.25) is 0 Å². The summed E-state index contributed by atoms with van der Waals surface area (Å²) in [5.41, 5.74) is 1.07. The molecule has 1 aromatic rings. The highest BCUT2D eigenvalue weighted by molar-refractivity contribution is 6.47. The van der Waals surface area contributed by atoms with Gasteiger partial charge in [-0.05, 0) is 12.1 Å². The van der Waals surface area contributed by atoms with Crippen molar-refractivity contribution in [2.45, 2.75) is 33.0 Å². The molecule has 1 heterocycles. The Hall–Kier alpha value is -2.83. The molecule has 0 bridgehead atoms. The van der Waals surface area contributed by atoms with Crippen LogP contribution < -0.4 is 14.9 Å². The van der Waals surface area contributed by atoms with Crippen molar-refractivity contribution in [3.05, 3.63) is 18.2 Å². The number of fused-ring (bicyclic) bond motifs is 1. The zero-order valence-electron chi connectivity index (χ0n) is 13.4. The first-order valence-electron chi connectivity index (χ1n) is 6.94. The number of benzene rings is 1. The topological polar surface area (TPSA) is 83.7 Å². The second-order valence-electron chi connectivity index (χ2n) is 6.16. The van der Waals surface area contributed by atoms with Crippen molar-refractivity contribution in [2.24, 2.45) is 10.5 Å². The molecule has 1 N–H and O–H groups in total. The van der Waals surface area contributed by atoms with Gasteiger partial charge in [0.1, 0.15) is 6.07 Å². The number of alkyl halides is 4. The fourth-order valence-electron chi connectivity index (χ4n) is 1.74. The van der Waals surface area contributed by atoms with E-state index in [9.17, 15) is 22.4 Å². The maximum absolute atomic E-state index is 13.2. The van der Waals surface area contributed by atoms with Crippen LogP contribution in [0.15, 0.2) is 23.3 Å². The SMILES string of the molecule is CC(C)(C)C(=O)C(C#N)=NNc1ccc2c(c1)OC(F)(F)C(F)(F)O2. The third-order valence-electron chi connectivity index (χ3n) is 3.06. The number of nitrogens with zero attached hydrogens (tertiary/aromatic N) is 2. The van der Waals surface area contributed by atoms with Crippen LogP contribution in [-0.4, -0.2) is 23.7 Å². The predicted octanol–water partition coefficient (Wildman–Crippen LogP) is 3.55. The summed E-state index contributed by atoms with van der Waals surface area (Å²) < 4.78 is 60.4. The minimum absolute atomic E-state index is 0.0258. The third-order valence-corrected chi connectivity index (χ3v) is 3.06. The Morgan fingerprint density at radius 1 is 1.16 bits per heavy atom. The highest BCUT2D eigenvalue weighted by Crippen LogP contribution is 2.47. The number of ether oxygens (including phenoxy) is 2. The van der Waals surface area contributed by atoms with Gasteiger partial charge in [0.2, 0.25) is 5.71 Å². The van der Waals surface area contributed by atoms with Crippen LogP contribution in [0.5, 0.6) is 11.5 Å². The zero-order chi connectivity index (χ0) is 19.0. The van der Waals surface area contributed by atoms with E-state index in [1.54, 1.807) is 26.8 Å². The van der Waals surface area contributed by atoms with E-state index in [1.807, 2.05) is 0 Å². The Morgan fingerprint density at radius 2 is 1.72 bits per heavy atom. The molecular formula is C15H13F4N3O3. The summed E-state index contributed by atoms with van der Waals surface area (Å²) in [5.74, 6) is -1.76.